The largest absolute Gasteiger partial charge is 0.318 e. The highest BCUT2D eigenvalue weighted by atomic mass is 32.1. The fourth-order valence-electron chi connectivity index (χ4n) is 0.983. The van der Waals surface area contributed by atoms with Gasteiger partial charge in [-0.2, -0.15) is 8.75 Å². The Morgan fingerprint density at radius 3 is 2.85 bits per heavy atom. The van der Waals surface area contributed by atoms with Gasteiger partial charge in [-0.3, -0.25) is 0 Å². The summed E-state index contributed by atoms with van der Waals surface area (Å²) in [5.74, 6) is 0. The summed E-state index contributed by atoms with van der Waals surface area (Å²) in [6.07, 6.45) is 1.68. The lowest BCUT2D eigenvalue weighted by Gasteiger charge is -2.02. The van der Waals surface area contributed by atoms with Crippen LogP contribution in [0.1, 0.15) is 22.4 Å². The minimum atomic E-state index is -0.233. The normalized spacial score (nSPS) is 13.1. The van der Waals surface area contributed by atoms with E-state index >= 15 is 0 Å². The summed E-state index contributed by atoms with van der Waals surface area (Å²) in [7, 11) is 0. The van der Waals surface area contributed by atoms with E-state index in [9.17, 15) is 0 Å². The van der Waals surface area contributed by atoms with Gasteiger partial charge in [-0.15, -0.1) is 11.3 Å². The zero-order valence-corrected chi connectivity index (χ0v) is 8.60. The number of aromatic nitrogens is 3. The van der Waals surface area contributed by atoms with Crippen LogP contribution in [0.5, 0.6) is 0 Å². The summed E-state index contributed by atoms with van der Waals surface area (Å²) >= 11 is 2.76. The maximum atomic E-state index is 5.92. The number of aryl methyl sites for hydroxylation is 1. The predicted molar refractivity (Wildman–Crippen MR) is 52.8 cm³/mol. The first-order valence-corrected chi connectivity index (χ1v) is 5.33. The molecule has 0 aliphatic heterocycles. The quantitative estimate of drug-likeness (QED) is 0.816. The van der Waals surface area contributed by atoms with Crippen molar-refractivity contribution in [2.75, 3.05) is 0 Å². The summed E-state index contributed by atoms with van der Waals surface area (Å²) in [4.78, 5) is 4.30. The summed E-state index contributed by atoms with van der Waals surface area (Å²) in [6, 6.07) is -0.233. The average Bonchev–Trinajstić information content (AvgIpc) is 2.72. The second kappa shape index (κ2) is 3.49. The van der Waals surface area contributed by atoms with Gasteiger partial charge in [-0.25, -0.2) is 4.98 Å². The van der Waals surface area contributed by atoms with Gasteiger partial charge in [0.05, 0.1) is 40.4 Å². The van der Waals surface area contributed by atoms with Crippen molar-refractivity contribution < 1.29 is 0 Å². The lowest BCUT2D eigenvalue weighted by atomic mass is 10.2. The van der Waals surface area contributed by atoms with Crippen LogP contribution in [0.25, 0.3) is 0 Å². The summed E-state index contributed by atoms with van der Waals surface area (Å²) < 4.78 is 7.97. The topological polar surface area (TPSA) is 64.7 Å². The van der Waals surface area contributed by atoms with Crippen molar-refractivity contribution in [1.82, 2.24) is 13.7 Å². The fourth-order valence-corrected chi connectivity index (χ4v) is 2.09. The van der Waals surface area contributed by atoms with Crippen molar-refractivity contribution in [2.45, 2.75) is 13.0 Å². The molecule has 0 aromatic carbocycles. The smallest absolute Gasteiger partial charge is 0.0971 e. The van der Waals surface area contributed by atoms with Gasteiger partial charge in [0, 0.05) is 5.38 Å². The third-order valence-electron chi connectivity index (χ3n) is 1.65. The van der Waals surface area contributed by atoms with Crippen LogP contribution < -0.4 is 5.73 Å². The van der Waals surface area contributed by atoms with Crippen molar-refractivity contribution in [2.24, 2.45) is 5.73 Å². The summed E-state index contributed by atoms with van der Waals surface area (Å²) in [5, 5.41) is 2.98. The van der Waals surface area contributed by atoms with E-state index in [4.69, 9.17) is 5.73 Å². The van der Waals surface area contributed by atoms with E-state index in [0.717, 1.165) is 16.4 Å². The number of hydrogen-bond acceptors (Lipinski definition) is 6. The van der Waals surface area contributed by atoms with Gasteiger partial charge < -0.3 is 5.73 Å². The zero-order chi connectivity index (χ0) is 9.26. The molecule has 0 amide bonds. The molecule has 0 fully saturated rings. The van der Waals surface area contributed by atoms with Crippen molar-refractivity contribution in [1.29, 1.82) is 0 Å². The third-order valence-corrected chi connectivity index (χ3v) is 2.94. The third kappa shape index (κ3) is 1.74. The molecule has 0 radical (unpaired) electrons. The fraction of sp³-hybridized carbons (Fsp3) is 0.286. The van der Waals surface area contributed by atoms with Gasteiger partial charge in [-0.05, 0) is 6.92 Å². The Balaban J connectivity index is 2.28. The predicted octanol–water partition coefficient (Wildman–Crippen LogP) is 1.35. The van der Waals surface area contributed by atoms with Crippen LogP contribution in [0.2, 0.25) is 0 Å². The molecule has 1 atom stereocenters. The second-order valence-electron chi connectivity index (χ2n) is 2.60. The van der Waals surface area contributed by atoms with E-state index in [2.05, 4.69) is 13.7 Å². The van der Waals surface area contributed by atoms with E-state index in [1.54, 1.807) is 17.5 Å². The highest BCUT2D eigenvalue weighted by Gasteiger charge is 2.13. The van der Waals surface area contributed by atoms with Gasteiger partial charge >= 0.3 is 0 Å². The van der Waals surface area contributed by atoms with Crippen molar-refractivity contribution in [3.05, 3.63) is 28.0 Å². The van der Waals surface area contributed by atoms with E-state index in [1.807, 2.05) is 12.3 Å². The molecule has 13 heavy (non-hydrogen) atoms. The molecule has 2 rings (SSSR count). The lowest BCUT2D eigenvalue weighted by Crippen LogP contribution is -2.12. The Kier molecular flexibility index (Phi) is 2.34. The molecule has 0 aliphatic rings. The first kappa shape index (κ1) is 8.74. The van der Waals surface area contributed by atoms with Crippen molar-refractivity contribution in [3.63, 3.8) is 0 Å². The lowest BCUT2D eigenvalue weighted by molar-refractivity contribution is 0.811. The molecular formula is C7H8N4S2. The van der Waals surface area contributed by atoms with Gasteiger partial charge in [0.1, 0.15) is 0 Å². The van der Waals surface area contributed by atoms with Crippen LogP contribution in [-0.2, 0) is 0 Å². The van der Waals surface area contributed by atoms with E-state index in [0.29, 0.717) is 0 Å². The SMILES string of the molecule is Cc1nc(C(N)c2cnsn2)cs1. The Labute approximate surface area is 83.8 Å². The molecular weight excluding hydrogens is 204 g/mol. The van der Waals surface area contributed by atoms with Crippen LogP contribution in [-0.4, -0.2) is 13.7 Å². The zero-order valence-electron chi connectivity index (χ0n) is 6.97. The summed E-state index contributed by atoms with van der Waals surface area (Å²) in [6.45, 7) is 1.96. The van der Waals surface area contributed by atoms with Crippen molar-refractivity contribution in [3.8, 4) is 0 Å². The number of thiazole rings is 1. The molecule has 0 aliphatic carbocycles. The minimum Gasteiger partial charge on any atom is -0.318 e. The van der Waals surface area contributed by atoms with Crippen LogP contribution >= 0.6 is 23.1 Å². The number of nitrogens with zero attached hydrogens (tertiary/aromatic N) is 3. The molecule has 2 aromatic heterocycles. The van der Waals surface area contributed by atoms with Crippen LogP contribution in [0.3, 0.4) is 0 Å². The van der Waals surface area contributed by atoms with Crippen molar-refractivity contribution >= 4 is 23.1 Å². The first-order chi connectivity index (χ1) is 6.27. The molecule has 4 nitrogen and oxygen atoms in total. The van der Waals surface area contributed by atoms with Gasteiger partial charge in [-0.1, -0.05) is 0 Å². The first-order valence-electron chi connectivity index (χ1n) is 3.72. The van der Waals surface area contributed by atoms with E-state index in [1.165, 1.54) is 11.7 Å². The molecule has 2 aromatic rings. The minimum absolute atomic E-state index is 0.233. The number of hydrogen-bond donors (Lipinski definition) is 1. The molecule has 6 heteroatoms. The Bertz CT molecular complexity index is 381. The highest BCUT2D eigenvalue weighted by molar-refractivity contribution is 7.09. The molecule has 2 N–H and O–H groups in total. The van der Waals surface area contributed by atoms with Gasteiger partial charge in [0.15, 0.2) is 0 Å². The highest BCUT2D eigenvalue weighted by Crippen LogP contribution is 2.19. The Hall–Kier alpha value is -0.850. The average molecular weight is 212 g/mol. The Morgan fingerprint density at radius 2 is 2.31 bits per heavy atom. The number of rotatable bonds is 2. The Morgan fingerprint density at radius 1 is 1.46 bits per heavy atom. The van der Waals surface area contributed by atoms with Gasteiger partial charge in [0.25, 0.3) is 0 Å². The number of nitrogens with two attached hydrogens (primary N) is 1. The second-order valence-corrected chi connectivity index (χ2v) is 4.22. The van der Waals surface area contributed by atoms with E-state index < -0.39 is 0 Å². The molecule has 0 saturated heterocycles. The van der Waals surface area contributed by atoms with Crippen LogP contribution in [0.15, 0.2) is 11.6 Å². The molecule has 1 unspecified atom stereocenters. The molecule has 0 saturated carbocycles. The van der Waals surface area contributed by atoms with Crippen LogP contribution in [0.4, 0.5) is 0 Å². The molecule has 2 heterocycles. The molecule has 0 spiro atoms. The standard InChI is InChI=1S/C7H8N4S2/c1-4-10-6(3-12-4)7(8)5-2-9-13-11-5/h2-3,7H,8H2,1H3. The van der Waals surface area contributed by atoms with Crippen LogP contribution in [0, 0.1) is 6.92 Å². The van der Waals surface area contributed by atoms with E-state index in [-0.39, 0.29) is 6.04 Å². The maximum absolute atomic E-state index is 5.92. The van der Waals surface area contributed by atoms with Gasteiger partial charge in [0.2, 0.25) is 0 Å². The molecule has 68 valence electrons. The monoisotopic (exact) mass is 212 g/mol. The maximum Gasteiger partial charge on any atom is 0.0971 e. The molecule has 0 bridgehead atoms. The summed E-state index contributed by atoms with van der Waals surface area (Å²) in [5.41, 5.74) is 7.58.